The van der Waals surface area contributed by atoms with Crippen LogP contribution in [0, 0.1) is 79.8 Å². The van der Waals surface area contributed by atoms with Crippen LogP contribution in [0.5, 0.6) is 0 Å². The lowest BCUT2D eigenvalue weighted by molar-refractivity contribution is -0.145. The molecule has 0 aliphatic heterocycles. The minimum absolute atomic E-state index is 0.586. The van der Waals surface area contributed by atoms with Gasteiger partial charge in [-0.15, -0.1) is 0 Å². The lowest BCUT2D eigenvalue weighted by Gasteiger charge is -2.64. The number of fused-ring (bicyclic) bond motifs is 6. The molecule has 4 bridgehead atoms. The quantitative estimate of drug-likeness (QED) is 0.324. The van der Waals surface area contributed by atoms with Gasteiger partial charge in [0.2, 0.25) is 0 Å². The second-order valence-corrected chi connectivity index (χ2v) is 19.5. The van der Waals surface area contributed by atoms with Crippen molar-refractivity contribution in [3.05, 3.63) is 0 Å². The van der Waals surface area contributed by atoms with E-state index in [0.29, 0.717) is 21.7 Å². The van der Waals surface area contributed by atoms with Crippen molar-refractivity contribution in [3.8, 4) is 0 Å². The molecule has 0 amide bonds. The summed E-state index contributed by atoms with van der Waals surface area (Å²) in [5.74, 6) is 8.51. The Morgan fingerprint density at radius 3 is 1.24 bits per heavy atom. The van der Waals surface area contributed by atoms with E-state index in [1.54, 1.807) is 89.9 Å². The van der Waals surface area contributed by atoms with Crippen molar-refractivity contribution in [2.24, 2.45) is 79.8 Å². The van der Waals surface area contributed by atoms with Gasteiger partial charge in [0.25, 0.3) is 0 Å². The maximum atomic E-state index is 2.81. The highest BCUT2D eigenvalue weighted by molar-refractivity contribution is 5.18. The molecule has 0 aromatic carbocycles. The Bertz CT molecular complexity index is 895. The first-order valence-electron chi connectivity index (χ1n) is 17.9. The van der Waals surface area contributed by atoms with Gasteiger partial charge in [-0.25, -0.2) is 0 Å². The zero-order valence-electron chi connectivity index (χ0n) is 26.3. The van der Waals surface area contributed by atoms with Crippen molar-refractivity contribution in [2.75, 3.05) is 0 Å². The summed E-state index contributed by atoms with van der Waals surface area (Å²) in [5, 5.41) is 0. The Kier molecular flexibility index (Phi) is 5.33. The van der Waals surface area contributed by atoms with Gasteiger partial charge in [0.15, 0.2) is 0 Å². The maximum absolute atomic E-state index is 2.81. The monoisotopic (exact) mass is 518 g/mol. The molecule has 0 heteroatoms. The van der Waals surface area contributed by atoms with E-state index < -0.39 is 0 Å². The third-order valence-corrected chi connectivity index (χ3v) is 17.5. The molecule has 0 radical (unpaired) electrons. The van der Waals surface area contributed by atoms with Gasteiger partial charge in [-0.2, -0.15) is 0 Å². The van der Waals surface area contributed by atoms with Crippen molar-refractivity contribution in [1.29, 1.82) is 0 Å². The molecule has 0 heterocycles. The average molecular weight is 519 g/mol. The summed E-state index contributed by atoms with van der Waals surface area (Å²) >= 11 is 0. The predicted octanol–water partition coefficient (Wildman–Crippen LogP) is 11.1. The van der Waals surface area contributed by atoms with Gasteiger partial charge in [0.05, 0.1) is 0 Å². The van der Waals surface area contributed by atoms with E-state index in [2.05, 4.69) is 41.5 Å². The fourth-order valence-corrected chi connectivity index (χ4v) is 16.6. The summed E-state index contributed by atoms with van der Waals surface area (Å²) in [6.07, 6.45) is 28.5. The zero-order chi connectivity index (χ0) is 26.3. The highest BCUT2D eigenvalue weighted by Crippen LogP contribution is 2.77. The van der Waals surface area contributed by atoms with Crippen molar-refractivity contribution in [2.45, 2.75) is 157 Å². The standard InChI is InChI=1S/C38H62/c1-33(2)15-7-17-35(5)29(33)13-19-37-21-25(9-11-31(35)37)27(23-37)28-24-38-20-14-30-34(3,4)16-8-18-36(30,6)32(38)12-10-26(28)22-38/h25-32H,7-24H2,1-6H3/t25-,26-,27-,28-,29-,30-,31+,32+,35-,36-,37+,38?/m1/s1. The van der Waals surface area contributed by atoms with Crippen LogP contribution in [0.1, 0.15) is 157 Å². The van der Waals surface area contributed by atoms with Crippen LogP contribution in [0.3, 0.4) is 0 Å². The van der Waals surface area contributed by atoms with E-state index in [4.69, 9.17) is 0 Å². The second kappa shape index (κ2) is 7.88. The summed E-state index contributed by atoms with van der Waals surface area (Å²) < 4.78 is 0. The number of rotatable bonds is 1. The number of hydrogen-bond donors (Lipinski definition) is 0. The van der Waals surface area contributed by atoms with Crippen LogP contribution in [0.2, 0.25) is 0 Å². The molecule has 8 aliphatic rings. The largest absolute Gasteiger partial charge is 0.0596 e. The summed E-state index contributed by atoms with van der Waals surface area (Å²) in [7, 11) is 0. The third kappa shape index (κ3) is 3.17. The Morgan fingerprint density at radius 1 is 0.395 bits per heavy atom. The average Bonchev–Trinajstić information content (AvgIpc) is 3.26. The van der Waals surface area contributed by atoms with Gasteiger partial charge >= 0.3 is 0 Å². The Hall–Kier alpha value is 0. The predicted molar refractivity (Wildman–Crippen MR) is 160 cm³/mol. The highest BCUT2D eigenvalue weighted by atomic mass is 14.7. The van der Waals surface area contributed by atoms with E-state index >= 15 is 0 Å². The van der Waals surface area contributed by atoms with Crippen LogP contribution in [0.15, 0.2) is 0 Å². The van der Waals surface area contributed by atoms with Crippen LogP contribution in [-0.2, 0) is 0 Å². The first-order chi connectivity index (χ1) is 17.9. The second-order valence-electron chi connectivity index (χ2n) is 19.5. The van der Waals surface area contributed by atoms with E-state index in [1.807, 2.05) is 0 Å². The van der Waals surface area contributed by atoms with Gasteiger partial charge < -0.3 is 0 Å². The van der Waals surface area contributed by atoms with Crippen LogP contribution >= 0.6 is 0 Å². The molecular formula is C38H62. The molecule has 0 saturated heterocycles. The van der Waals surface area contributed by atoms with Crippen LogP contribution in [-0.4, -0.2) is 0 Å². The van der Waals surface area contributed by atoms with E-state index in [9.17, 15) is 0 Å². The van der Waals surface area contributed by atoms with Gasteiger partial charge in [-0.3, -0.25) is 0 Å². The molecule has 2 spiro atoms. The van der Waals surface area contributed by atoms with Gasteiger partial charge in [0, 0.05) is 0 Å². The summed E-state index contributed by atoms with van der Waals surface area (Å²) in [5.41, 5.74) is 3.96. The molecular weight excluding hydrogens is 456 g/mol. The van der Waals surface area contributed by atoms with E-state index in [-0.39, 0.29) is 0 Å². The van der Waals surface area contributed by atoms with Crippen molar-refractivity contribution in [3.63, 3.8) is 0 Å². The molecule has 8 saturated carbocycles. The molecule has 12 atom stereocenters. The highest BCUT2D eigenvalue weighted by Gasteiger charge is 2.68. The molecule has 8 fully saturated rings. The van der Waals surface area contributed by atoms with Gasteiger partial charge in [-0.05, 0) is 183 Å². The van der Waals surface area contributed by atoms with E-state index in [0.717, 1.165) is 58.2 Å². The fourth-order valence-electron chi connectivity index (χ4n) is 16.6. The summed E-state index contributed by atoms with van der Waals surface area (Å²) in [4.78, 5) is 0. The topological polar surface area (TPSA) is 0 Å². The molecule has 1 unspecified atom stereocenters. The molecule has 8 rings (SSSR count). The minimum Gasteiger partial charge on any atom is -0.0596 e. The lowest BCUT2D eigenvalue weighted by atomic mass is 9.41. The van der Waals surface area contributed by atoms with Crippen molar-refractivity contribution < 1.29 is 0 Å². The Labute approximate surface area is 236 Å². The van der Waals surface area contributed by atoms with Gasteiger partial charge in [0.1, 0.15) is 0 Å². The molecule has 8 aliphatic carbocycles. The smallest absolute Gasteiger partial charge is 0.0258 e. The maximum Gasteiger partial charge on any atom is -0.0258 e. The molecule has 0 aromatic rings. The Balaban J connectivity index is 1.07. The van der Waals surface area contributed by atoms with E-state index in [1.165, 1.54) is 25.7 Å². The van der Waals surface area contributed by atoms with Crippen LogP contribution < -0.4 is 0 Å². The molecule has 0 nitrogen and oxygen atoms in total. The molecule has 0 N–H and O–H groups in total. The Morgan fingerprint density at radius 2 is 0.816 bits per heavy atom. The fraction of sp³-hybridized carbons (Fsp3) is 1.00. The van der Waals surface area contributed by atoms with Crippen molar-refractivity contribution in [1.82, 2.24) is 0 Å². The zero-order valence-corrected chi connectivity index (χ0v) is 26.3. The third-order valence-electron chi connectivity index (χ3n) is 17.5. The van der Waals surface area contributed by atoms with Gasteiger partial charge in [-0.1, -0.05) is 54.4 Å². The van der Waals surface area contributed by atoms with Crippen LogP contribution in [0.25, 0.3) is 0 Å². The van der Waals surface area contributed by atoms with Crippen molar-refractivity contribution >= 4 is 0 Å². The molecule has 0 aromatic heterocycles. The minimum atomic E-state index is 0.586. The van der Waals surface area contributed by atoms with Crippen LogP contribution in [0.4, 0.5) is 0 Å². The summed E-state index contributed by atoms with van der Waals surface area (Å²) in [6.45, 7) is 16.2. The number of hydrogen-bond acceptors (Lipinski definition) is 0. The first kappa shape index (κ1) is 25.7. The normalized spacial score (nSPS) is 59.8. The SMILES string of the molecule is CC1(C)CCC[C@]2(C)[C@@H]1CCC13C[C@@H](CC[C@H]12)[C@H]([C@@H]1C[C@@]24CC[C@@H]5C(C)(C)CCC[C@@]5(C)[C@@H]2CC[C@@H]1C4)C3. The molecule has 214 valence electrons. The molecule has 38 heavy (non-hydrogen) atoms. The lowest BCUT2D eigenvalue weighted by Crippen LogP contribution is -2.55. The summed E-state index contributed by atoms with van der Waals surface area (Å²) in [6, 6.07) is 0. The first-order valence-corrected chi connectivity index (χ1v) is 17.9.